The van der Waals surface area contributed by atoms with Crippen LogP contribution in [0, 0.1) is 0 Å². The van der Waals surface area contributed by atoms with Crippen molar-refractivity contribution in [2.24, 2.45) is 0 Å². The van der Waals surface area contributed by atoms with Gasteiger partial charge in [0.1, 0.15) is 16.4 Å². The van der Waals surface area contributed by atoms with Gasteiger partial charge < -0.3 is 14.8 Å². The fourth-order valence-electron chi connectivity index (χ4n) is 2.38. The molecule has 0 spiro atoms. The number of halogens is 3. The highest BCUT2D eigenvalue weighted by Gasteiger charge is 2.30. The van der Waals surface area contributed by atoms with Crippen LogP contribution in [0.4, 0.5) is 18.9 Å². The van der Waals surface area contributed by atoms with Crippen LogP contribution in [0.2, 0.25) is 0 Å². The second-order valence-electron chi connectivity index (χ2n) is 5.90. The maximum atomic E-state index is 12.8. The Hall–Kier alpha value is -2.79. The van der Waals surface area contributed by atoms with Crippen molar-refractivity contribution >= 4 is 21.6 Å². The number of nitrogens with zero attached hydrogens (tertiary/aromatic N) is 1. The predicted octanol–water partition coefficient (Wildman–Crippen LogP) is 2.98. The Balaban J connectivity index is 2.14. The molecular formula is C18H19F3N2O5S. The third-order valence-electron chi connectivity index (χ3n) is 3.92. The smallest absolute Gasteiger partial charge is 0.416 e. The standard InChI is InChI=1S/C18H19F3N2O5S/c1-23(29(25,26)16-10-14(27-2)8-9-15(16)28-3)11-17(24)22-13-6-4-12(5-7-13)18(19,20)21/h4-10H,11H2,1-3H3,(H,22,24). The molecule has 2 aromatic carbocycles. The van der Waals surface area contributed by atoms with Crippen molar-refractivity contribution in [3.8, 4) is 11.5 Å². The summed E-state index contributed by atoms with van der Waals surface area (Å²) in [4.78, 5) is 12.0. The highest BCUT2D eigenvalue weighted by molar-refractivity contribution is 7.89. The normalized spacial score (nSPS) is 12.0. The zero-order chi connectivity index (χ0) is 21.8. The fourth-order valence-corrected chi connectivity index (χ4v) is 3.68. The van der Waals surface area contributed by atoms with Gasteiger partial charge in [-0.1, -0.05) is 0 Å². The summed E-state index contributed by atoms with van der Waals surface area (Å²) in [5.74, 6) is -0.370. The van der Waals surface area contributed by atoms with Gasteiger partial charge in [0.25, 0.3) is 0 Å². The second-order valence-corrected chi connectivity index (χ2v) is 7.91. The number of hydrogen-bond donors (Lipinski definition) is 1. The first-order valence-corrected chi connectivity index (χ1v) is 9.58. The van der Waals surface area contributed by atoms with E-state index in [-0.39, 0.29) is 22.1 Å². The van der Waals surface area contributed by atoms with E-state index >= 15 is 0 Å². The summed E-state index contributed by atoms with van der Waals surface area (Å²) in [6, 6.07) is 8.00. The quantitative estimate of drug-likeness (QED) is 0.727. The minimum atomic E-state index is -4.49. The van der Waals surface area contributed by atoms with Gasteiger partial charge in [0, 0.05) is 18.8 Å². The van der Waals surface area contributed by atoms with Gasteiger partial charge in [0.05, 0.1) is 26.3 Å². The van der Waals surface area contributed by atoms with Crippen molar-refractivity contribution < 1.29 is 35.9 Å². The van der Waals surface area contributed by atoms with Gasteiger partial charge in [-0.25, -0.2) is 8.42 Å². The van der Waals surface area contributed by atoms with Gasteiger partial charge >= 0.3 is 6.18 Å². The molecule has 0 aliphatic rings. The van der Waals surface area contributed by atoms with E-state index in [1.807, 2.05) is 0 Å². The molecule has 0 aliphatic heterocycles. The third kappa shape index (κ3) is 5.39. The number of ether oxygens (including phenoxy) is 2. The molecule has 0 radical (unpaired) electrons. The number of carbonyl (C=O) groups is 1. The lowest BCUT2D eigenvalue weighted by Gasteiger charge is -2.19. The largest absolute Gasteiger partial charge is 0.497 e. The number of carbonyl (C=O) groups excluding carboxylic acids is 1. The van der Waals surface area contributed by atoms with Crippen LogP contribution in [0.15, 0.2) is 47.4 Å². The molecule has 11 heteroatoms. The monoisotopic (exact) mass is 432 g/mol. The zero-order valence-corrected chi connectivity index (χ0v) is 16.6. The lowest BCUT2D eigenvalue weighted by Crippen LogP contribution is -2.35. The van der Waals surface area contributed by atoms with E-state index in [4.69, 9.17) is 9.47 Å². The van der Waals surface area contributed by atoms with E-state index in [0.717, 1.165) is 28.6 Å². The molecule has 0 saturated heterocycles. The van der Waals surface area contributed by atoms with Gasteiger partial charge in [-0.05, 0) is 36.4 Å². The Morgan fingerprint density at radius 2 is 1.69 bits per heavy atom. The number of rotatable bonds is 7. The van der Waals surface area contributed by atoms with Crippen LogP contribution in [-0.2, 0) is 21.0 Å². The molecule has 158 valence electrons. The summed E-state index contributed by atoms with van der Waals surface area (Å²) in [6.45, 7) is -0.566. The zero-order valence-electron chi connectivity index (χ0n) is 15.8. The molecule has 0 unspecified atom stereocenters. The summed E-state index contributed by atoms with van der Waals surface area (Å²) >= 11 is 0. The van der Waals surface area contributed by atoms with Crippen molar-refractivity contribution in [1.29, 1.82) is 0 Å². The van der Waals surface area contributed by atoms with Crippen LogP contribution >= 0.6 is 0 Å². The topological polar surface area (TPSA) is 84.9 Å². The van der Waals surface area contributed by atoms with E-state index in [0.29, 0.717) is 0 Å². The van der Waals surface area contributed by atoms with Gasteiger partial charge in [0.2, 0.25) is 15.9 Å². The lowest BCUT2D eigenvalue weighted by molar-refractivity contribution is -0.137. The summed E-state index contributed by atoms with van der Waals surface area (Å²) < 4.78 is 74.3. The minimum absolute atomic E-state index is 0.0702. The first kappa shape index (κ1) is 22.5. The molecule has 0 bridgehead atoms. The molecule has 2 aromatic rings. The number of likely N-dealkylation sites (N-methyl/N-ethyl adjacent to an activating group) is 1. The fraction of sp³-hybridized carbons (Fsp3) is 0.278. The van der Waals surface area contributed by atoms with Crippen molar-refractivity contribution in [2.75, 3.05) is 33.1 Å². The van der Waals surface area contributed by atoms with Crippen molar-refractivity contribution in [3.05, 3.63) is 48.0 Å². The summed E-state index contributed by atoms with van der Waals surface area (Å²) in [7, 11) is -0.236. The van der Waals surface area contributed by atoms with Crippen molar-refractivity contribution in [3.63, 3.8) is 0 Å². The molecule has 1 N–H and O–H groups in total. The number of sulfonamides is 1. The summed E-state index contributed by atoms with van der Waals surface area (Å²) in [5, 5.41) is 2.36. The molecule has 0 atom stereocenters. The Labute approximate surface area is 166 Å². The molecule has 0 heterocycles. The molecule has 29 heavy (non-hydrogen) atoms. The van der Waals surface area contributed by atoms with Crippen LogP contribution < -0.4 is 14.8 Å². The predicted molar refractivity (Wildman–Crippen MR) is 99.4 cm³/mol. The molecular weight excluding hydrogens is 413 g/mol. The van der Waals surface area contributed by atoms with Gasteiger partial charge in [0.15, 0.2) is 0 Å². The average Bonchev–Trinajstić information content (AvgIpc) is 2.66. The number of anilines is 1. The van der Waals surface area contributed by atoms with Gasteiger partial charge in [-0.3, -0.25) is 4.79 Å². The van der Waals surface area contributed by atoms with Crippen LogP contribution in [0.25, 0.3) is 0 Å². The van der Waals surface area contributed by atoms with Crippen LogP contribution in [-0.4, -0.2) is 46.4 Å². The highest BCUT2D eigenvalue weighted by atomic mass is 32.2. The SMILES string of the molecule is COc1ccc(OC)c(S(=O)(=O)N(C)CC(=O)Nc2ccc(C(F)(F)F)cc2)c1. The van der Waals surface area contributed by atoms with Gasteiger partial charge in [-0.2, -0.15) is 17.5 Å². The number of alkyl halides is 3. The van der Waals surface area contributed by atoms with E-state index in [9.17, 15) is 26.4 Å². The minimum Gasteiger partial charge on any atom is -0.497 e. The number of benzene rings is 2. The van der Waals surface area contributed by atoms with E-state index < -0.39 is 34.2 Å². The Kier molecular flexibility index (Phi) is 6.75. The summed E-state index contributed by atoms with van der Waals surface area (Å²) in [5.41, 5.74) is -0.756. The Bertz CT molecular complexity index is 976. The maximum Gasteiger partial charge on any atom is 0.416 e. The van der Waals surface area contributed by atoms with Crippen molar-refractivity contribution in [2.45, 2.75) is 11.1 Å². The first-order chi connectivity index (χ1) is 13.5. The third-order valence-corrected chi connectivity index (χ3v) is 5.75. The van der Waals surface area contributed by atoms with Crippen LogP contribution in [0.3, 0.4) is 0 Å². The number of methoxy groups -OCH3 is 2. The number of amides is 1. The average molecular weight is 432 g/mol. The van der Waals surface area contributed by atoms with E-state index in [1.54, 1.807) is 0 Å². The number of nitrogens with one attached hydrogen (secondary N) is 1. The molecule has 0 aliphatic carbocycles. The second kappa shape index (κ2) is 8.70. The first-order valence-electron chi connectivity index (χ1n) is 8.14. The van der Waals surface area contributed by atoms with E-state index in [2.05, 4.69) is 5.32 Å². The van der Waals surface area contributed by atoms with Crippen LogP contribution in [0.5, 0.6) is 11.5 Å². The van der Waals surface area contributed by atoms with E-state index in [1.165, 1.54) is 39.5 Å². The Morgan fingerprint density at radius 1 is 1.07 bits per heavy atom. The molecule has 1 amide bonds. The molecule has 2 rings (SSSR count). The van der Waals surface area contributed by atoms with Crippen molar-refractivity contribution in [1.82, 2.24) is 4.31 Å². The molecule has 0 saturated carbocycles. The molecule has 7 nitrogen and oxygen atoms in total. The summed E-state index contributed by atoms with van der Waals surface area (Å²) in [6.07, 6.45) is -4.49. The van der Waals surface area contributed by atoms with Gasteiger partial charge in [-0.15, -0.1) is 0 Å². The Morgan fingerprint density at radius 3 is 2.21 bits per heavy atom. The maximum absolute atomic E-state index is 12.8. The molecule has 0 aromatic heterocycles. The lowest BCUT2D eigenvalue weighted by atomic mass is 10.2. The highest BCUT2D eigenvalue weighted by Crippen LogP contribution is 2.31. The van der Waals surface area contributed by atoms with Crippen LogP contribution in [0.1, 0.15) is 5.56 Å². The molecule has 0 fully saturated rings. The number of hydrogen-bond acceptors (Lipinski definition) is 5.